The predicted octanol–water partition coefficient (Wildman–Crippen LogP) is -2.89. The summed E-state index contributed by atoms with van der Waals surface area (Å²) in [5.41, 5.74) is 0. The average Bonchev–Trinajstić information content (AvgIpc) is 3.28. The normalized spacial score (nSPS) is 27.5. The molecular formula is C17H28N4O7S. The first-order chi connectivity index (χ1) is 13.7. The molecule has 0 bridgehead atoms. The zero-order valence-corrected chi connectivity index (χ0v) is 17.0. The van der Waals surface area contributed by atoms with Gasteiger partial charge in [0.05, 0.1) is 24.8 Å². The van der Waals surface area contributed by atoms with Gasteiger partial charge < -0.3 is 36.2 Å². The van der Waals surface area contributed by atoms with Gasteiger partial charge in [0.2, 0.25) is 17.7 Å². The number of carbonyl (C=O) groups is 4. The van der Waals surface area contributed by atoms with Crippen LogP contribution in [0.15, 0.2) is 0 Å². The van der Waals surface area contributed by atoms with Crippen LogP contribution in [0.2, 0.25) is 0 Å². The number of rotatable bonds is 9. The van der Waals surface area contributed by atoms with E-state index in [1.165, 1.54) is 11.8 Å². The highest BCUT2D eigenvalue weighted by molar-refractivity contribution is 7.98. The second kappa shape index (κ2) is 10.8. The van der Waals surface area contributed by atoms with E-state index in [9.17, 15) is 34.5 Å². The summed E-state index contributed by atoms with van der Waals surface area (Å²) in [4.78, 5) is 49.6. The van der Waals surface area contributed by atoms with Crippen LogP contribution in [0.5, 0.6) is 0 Å². The molecule has 164 valence electrons. The summed E-state index contributed by atoms with van der Waals surface area (Å²) in [6, 6.07) is -2.66. The van der Waals surface area contributed by atoms with Crippen molar-refractivity contribution in [2.45, 2.75) is 49.6 Å². The van der Waals surface area contributed by atoms with Crippen molar-refractivity contribution in [1.82, 2.24) is 20.9 Å². The lowest BCUT2D eigenvalue weighted by Crippen LogP contribution is -2.54. The van der Waals surface area contributed by atoms with Crippen molar-refractivity contribution in [2.24, 2.45) is 0 Å². The van der Waals surface area contributed by atoms with Gasteiger partial charge in [-0.3, -0.25) is 14.4 Å². The molecule has 2 saturated heterocycles. The number of nitrogens with one attached hydrogen (secondary N) is 3. The van der Waals surface area contributed by atoms with Crippen LogP contribution in [0.3, 0.4) is 0 Å². The summed E-state index contributed by atoms with van der Waals surface area (Å²) in [6.45, 7) is -0.142. The molecule has 29 heavy (non-hydrogen) atoms. The van der Waals surface area contributed by atoms with E-state index < -0.39 is 54.0 Å². The fraction of sp³-hybridized carbons (Fsp3) is 0.765. The van der Waals surface area contributed by atoms with Gasteiger partial charge in [-0.05, 0) is 24.9 Å². The molecule has 0 aromatic rings. The highest BCUT2D eigenvalue weighted by Gasteiger charge is 2.41. The first-order valence-electron chi connectivity index (χ1n) is 9.41. The zero-order valence-electron chi connectivity index (χ0n) is 16.2. The third-order valence-corrected chi connectivity index (χ3v) is 5.58. The van der Waals surface area contributed by atoms with Crippen LogP contribution in [0.25, 0.3) is 0 Å². The third-order valence-electron chi connectivity index (χ3n) is 4.94. The molecule has 0 spiro atoms. The first-order valence-corrected chi connectivity index (χ1v) is 10.8. The average molecular weight is 432 g/mol. The van der Waals surface area contributed by atoms with Gasteiger partial charge in [-0.2, -0.15) is 11.8 Å². The summed E-state index contributed by atoms with van der Waals surface area (Å²) < 4.78 is 0. The minimum absolute atomic E-state index is 0.0550. The van der Waals surface area contributed by atoms with Crippen molar-refractivity contribution in [2.75, 3.05) is 31.6 Å². The van der Waals surface area contributed by atoms with Crippen molar-refractivity contribution in [3.05, 3.63) is 0 Å². The number of nitrogens with zero attached hydrogens (tertiary/aromatic N) is 1. The van der Waals surface area contributed by atoms with E-state index in [0.717, 1.165) is 4.90 Å². The lowest BCUT2D eigenvalue weighted by atomic mass is 10.1. The van der Waals surface area contributed by atoms with Gasteiger partial charge in [-0.1, -0.05) is 0 Å². The summed E-state index contributed by atoms with van der Waals surface area (Å²) in [5, 5.41) is 36.3. The molecule has 6 N–H and O–H groups in total. The Bertz CT molecular complexity index is 635. The standard InChI is InChI=1S/C17H28N4O7S/c1-29-3-2-11(16(26)21-8-10(23)5-13(21)17(27)28)20-14(24)7-19-15(25)12-4-9(22)6-18-12/h9-13,18,22-23H,2-8H2,1H3,(H,19,25)(H,20,24)(H,27,28)/t9-,10-,11+,12+,13+/m1/s1. The Morgan fingerprint density at radius 2 is 1.93 bits per heavy atom. The molecule has 0 unspecified atom stereocenters. The first kappa shape index (κ1) is 23.4. The van der Waals surface area contributed by atoms with E-state index in [4.69, 9.17) is 0 Å². The highest BCUT2D eigenvalue weighted by atomic mass is 32.2. The molecule has 0 radical (unpaired) electrons. The molecule has 2 heterocycles. The second-order valence-corrected chi connectivity index (χ2v) is 8.19. The molecular weight excluding hydrogens is 404 g/mol. The lowest BCUT2D eigenvalue weighted by Gasteiger charge is -2.27. The molecule has 0 saturated carbocycles. The molecule has 12 heteroatoms. The van der Waals surface area contributed by atoms with E-state index in [1.54, 1.807) is 0 Å². The van der Waals surface area contributed by atoms with Crippen molar-refractivity contribution in [3.63, 3.8) is 0 Å². The maximum Gasteiger partial charge on any atom is 0.326 e. The van der Waals surface area contributed by atoms with E-state index in [1.807, 2.05) is 6.26 Å². The quantitative estimate of drug-likeness (QED) is 0.224. The number of thioether (sulfide) groups is 1. The fourth-order valence-corrected chi connectivity index (χ4v) is 3.91. The highest BCUT2D eigenvalue weighted by Crippen LogP contribution is 2.20. The number of aliphatic hydroxyl groups excluding tert-OH is 2. The van der Waals surface area contributed by atoms with E-state index >= 15 is 0 Å². The van der Waals surface area contributed by atoms with Gasteiger partial charge in [0, 0.05) is 19.5 Å². The van der Waals surface area contributed by atoms with Crippen LogP contribution >= 0.6 is 11.8 Å². The van der Waals surface area contributed by atoms with Crippen molar-refractivity contribution >= 4 is 35.5 Å². The summed E-state index contributed by atoms with van der Waals surface area (Å²) in [5.74, 6) is -2.21. The van der Waals surface area contributed by atoms with E-state index in [0.29, 0.717) is 12.3 Å². The Morgan fingerprint density at radius 3 is 2.52 bits per heavy atom. The number of hydrogen-bond acceptors (Lipinski definition) is 8. The second-order valence-electron chi connectivity index (χ2n) is 7.20. The van der Waals surface area contributed by atoms with Gasteiger partial charge >= 0.3 is 5.97 Å². The van der Waals surface area contributed by atoms with Gasteiger partial charge in [-0.15, -0.1) is 0 Å². The number of hydrogen-bond donors (Lipinski definition) is 6. The Kier molecular flexibility index (Phi) is 8.68. The summed E-state index contributed by atoms with van der Waals surface area (Å²) >= 11 is 1.47. The van der Waals surface area contributed by atoms with E-state index in [2.05, 4.69) is 16.0 Å². The van der Waals surface area contributed by atoms with Crippen molar-refractivity contribution < 1.29 is 34.5 Å². The maximum absolute atomic E-state index is 12.8. The number of aliphatic carboxylic acids is 1. The molecule has 5 atom stereocenters. The van der Waals surface area contributed by atoms with E-state index in [-0.39, 0.29) is 32.4 Å². The van der Waals surface area contributed by atoms with Gasteiger partial charge in [0.1, 0.15) is 12.1 Å². The molecule has 0 aromatic heterocycles. The number of carbonyl (C=O) groups excluding carboxylic acids is 3. The predicted molar refractivity (Wildman–Crippen MR) is 104 cm³/mol. The van der Waals surface area contributed by atoms with Crippen LogP contribution in [-0.4, -0.2) is 106 Å². The Morgan fingerprint density at radius 1 is 1.21 bits per heavy atom. The maximum atomic E-state index is 12.8. The zero-order chi connectivity index (χ0) is 21.6. The molecule has 3 amide bonds. The third kappa shape index (κ3) is 6.56. The topological polar surface area (TPSA) is 168 Å². The van der Waals surface area contributed by atoms with Crippen LogP contribution in [0.1, 0.15) is 19.3 Å². The molecule has 11 nitrogen and oxygen atoms in total. The molecule has 2 fully saturated rings. The van der Waals surface area contributed by atoms with Crippen LogP contribution in [0.4, 0.5) is 0 Å². The van der Waals surface area contributed by atoms with Gasteiger partial charge in [-0.25, -0.2) is 4.79 Å². The number of carboxylic acid groups (broad SMARTS) is 1. The Labute approximate surface area is 172 Å². The Balaban J connectivity index is 1.93. The smallest absolute Gasteiger partial charge is 0.326 e. The minimum Gasteiger partial charge on any atom is -0.480 e. The summed E-state index contributed by atoms with van der Waals surface area (Å²) in [6.07, 6.45) is 0.800. The number of carboxylic acids is 1. The summed E-state index contributed by atoms with van der Waals surface area (Å²) in [7, 11) is 0. The Hall–Kier alpha value is -1.89. The number of likely N-dealkylation sites (tertiary alicyclic amines) is 1. The molecule has 2 aliphatic rings. The number of aliphatic hydroxyl groups is 2. The fourth-order valence-electron chi connectivity index (χ4n) is 3.44. The SMILES string of the molecule is CSCC[C@H](NC(=O)CNC(=O)[C@@H]1C[C@@H](O)CN1)C(=O)N1C[C@H](O)C[C@H]1C(=O)O. The number of amides is 3. The van der Waals surface area contributed by atoms with Crippen LogP contribution in [0, 0.1) is 0 Å². The number of β-amino-alcohol motifs (C(OH)–C–C–N with tert-alkyl or cyclic N) is 2. The van der Waals surface area contributed by atoms with Crippen molar-refractivity contribution in [3.8, 4) is 0 Å². The largest absolute Gasteiger partial charge is 0.480 e. The van der Waals surface area contributed by atoms with Gasteiger partial charge in [0.25, 0.3) is 0 Å². The monoisotopic (exact) mass is 432 g/mol. The van der Waals surface area contributed by atoms with Crippen LogP contribution < -0.4 is 16.0 Å². The van der Waals surface area contributed by atoms with Crippen LogP contribution in [-0.2, 0) is 19.2 Å². The van der Waals surface area contributed by atoms with Gasteiger partial charge in [0.15, 0.2) is 0 Å². The molecule has 2 aliphatic heterocycles. The molecule has 2 rings (SSSR count). The van der Waals surface area contributed by atoms with Crippen molar-refractivity contribution in [1.29, 1.82) is 0 Å². The molecule has 0 aliphatic carbocycles. The lowest BCUT2D eigenvalue weighted by molar-refractivity contribution is -0.149. The molecule has 0 aromatic carbocycles. The minimum atomic E-state index is -1.21.